The molecule has 0 unspecified atom stereocenters. The Morgan fingerprint density at radius 3 is 2.35 bits per heavy atom. The molecule has 1 rings (SSSR count). The normalized spacial score (nSPS) is 11.8. The third-order valence-electron chi connectivity index (χ3n) is 3.13. The number of aryl methyl sites for hydroxylation is 1. The lowest BCUT2D eigenvalue weighted by Gasteiger charge is -2.13. The summed E-state index contributed by atoms with van der Waals surface area (Å²) < 4.78 is 0. The highest BCUT2D eigenvalue weighted by atomic mass is 16.2. The predicted molar refractivity (Wildman–Crippen MR) is 80.7 cm³/mol. The maximum Gasteiger partial charge on any atom is 0.251 e. The van der Waals surface area contributed by atoms with E-state index in [4.69, 9.17) is 0 Å². The highest BCUT2D eigenvalue weighted by Gasteiger charge is 2.15. The predicted octanol–water partition coefficient (Wildman–Crippen LogP) is 2.28. The van der Waals surface area contributed by atoms with Gasteiger partial charge in [-0.05, 0) is 44.4 Å². The van der Waals surface area contributed by atoms with E-state index < -0.39 is 6.04 Å². The van der Waals surface area contributed by atoms with Crippen molar-refractivity contribution in [3.8, 4) is 0 Å². The molecule has 2 amide bonds. The molecule has 0 aliphatic heterocycles. The van der Waals surface area contributed by atoms with Crippen molar-refractivity contribution < 1.29 is 9.59 Å². The average molecular weight is 276 g/mol. The fourth-order valence-corrected chi connectivity index (χ4v) is 1.88. The zero-order valence-corrected chi connectivity index (χ0v) is 12.5. The smallest absolute Gasteiger partial charge is 0.251 e. The molecule has 0 saturated carbocycles. The summed E-state index contributed by atoms with van der Waals surface area (Å²) in [5.41, 5.74) is 1.82. The molecule has 0 aliphatic rings. The molecule has 110 valence electrons. The molecule has 1 atom stereocenters. The number of amides is 2. The van der Waals surface area contributed by atoms with E-state index in [1.807, 2.05) is 31.2 Å². The van der Waals surface area contributed by atoms with Gasteiger partial charge in [0.1, 0.15) is 6.04 Å². The lowest BCUT2D eigenvalue weighted by Crippen LogP contribution is -2.44. The molecule has 4 nitrogen and oxygen atoms in total. The summed E-state index contributed by atoms with van der Waals surface area (Å²) in [6.45, 7) is 6.25. The van der Waals surface area contributed by atoms with E-state index in [1.54, 1.807) is 6.92 Å². The number of hydrogen-bond donors (Lipinski definition) is 2. The third-order valence-corrected chi connectivity index (χ3v) is 3.13. The van der Waals surface area contributed by atoms with Crippen LogP contribution < -0.4 is 10.6 Å². The SMILES string of the molecule is CCCCc1ccc(C(=O)N[C@@H](C)C(=O)NCC)cc1. The zero-order chi connectivity index (χ0) is 15.0. The fourth-order valence-electron chi connectivity index (χ4n) is 1.88. The molecular weight excluding hydrogens is 252 g/mol. The number of likely N-dealkylation sites (N-methyl/N-ethyl adjacent to an activating group) is 1. The Hall–Kier alpha value is -1.84. The Balaban J connectivity index is 2.57. The van der Waals surface area contributed by atoms with Gasteiger partial charge >= 0.3 is 0 Å². The molecule has 0 aromatic heterocycles. The lowest BCUT2D eigenvalue weighted by molar-refractivity contribution is -0.122. The van der Waals surface area contributed by atoms with Gasteiger partial charge in [0.2, 0.25) is 5.91 Å². The van der Waals surface area contributed by atoms with Crippen LogP contribution in [0.15, 0.2) is 24.3 Å². The Kier molecular flexibility index (Phi) is 6.77. The van der Waals surface area contributed by atoms with Crippen LogP contribution in [-0.4, -0.2) is 24.4 Å². The maximum absolute atomic E-state index is 12.0. The zero-order valence-electron chi connectivity index (χ0n) is 12.5. The largest absolute Gasteiger partial charge is 0.355 e. The Bertz CT molecular complexity index is 440. The van der Waals surface area contributed by atoms with Crippen molar-refractivity contribution in [2.45, 2.75) is 46.1 Å². The quantitative estimate of drug-likeness (QED) is 0.802. The van der Waals surface area contributed by atoms with Gasteiger partial charge in [-0.1, -0.05) is 25.5 Å². The van der Waals surface area contributed by atoms with Crippen LogP contribution in [0.5, 0.6) is 0 Å². The van der Waals surface area contributed by atoms with Crippen molar-refractivity contribution in [2.75, 3.05) is 6.54 Å². The molecular formula is C16H24N2O2. The van der Waals surface area contributed by atoms with E-state index >= 15 is 0 Å². The molecule has 0 saturated heterocycles. The van der Waals surface area contributed by atoms with E-state index in [0.29, 0.717) is 12.1 Å². The second-order valence-electron chi connectivity index (χ2n) is 4.89. The Morgan fingerprint density at radius 1 is 1.15 bits per heavy atom. The first kappa shape index (κ1) is 16.2. The standard InChI is InChI=1S/C16H24N2O2/c1-4-6-7-13-8-10-14(11-9-13)16(20)18-12(3)15(19)17-5-2/h8-12H,4-7H2,1-3H3,(H,17,19)(H,18,20)/t12-/m0/s1. The number of rotatable bonds is 7. The summed E-state index contributed by atoms with van der Waals surface area (Å²) >= 11 is 0. The van der Waals surface area contributed by atoms with Crippen LogP contribution in [-0.2, 0) is 11.2 Å². The van der Waals surface area contributed by atoms with Gasteiger partial charge in [-0.15, -0.1) is 0 Å². The number of benzene rings is 1. The molecule has 0 radical (unpaired) electrons. The van der Waals surface area contributed by atoms with Crippen molar-refractivity contribution >= 4 is 11.8 Å². The number of carbonyl (C=O) groups is 2. The molecule has 0 spiro atoms. The van der Waals surface area contributed by atoms with Crippen molar-refractivity contribution in [1.29, 1.82) is 0 Å². The fraction of sp³-hybridized carbons (Fsp3) is 0.500. The van der Waals surface area contributed by atoms with E-state index in [2.05, 4.69) is 17.6 Å². The van der Waals surface area contributed by atoms with Crippen LogP contribution in [0.3, 0.4) is 0 Å². The van der Waals surface area contributed by atoms with Crippen molar-refractivity contribution in [3.05, 3.63) is 35.4 Å². The van der Waals surface area contributed by atoms with Gasteiger partial charge in [0.25, 0.3) is 5.91 Å². The van der Waals surface area contributed by atoms with E-state index in [9.17, 15) is 9.59 Å². The van der Waals surface area contributed by atoms with Crippen LogP contribution >= 0.6 is 0 Å². The number of carbonyl (C=O) groups excluding carboxylic acids is 2. The molecule has 0 heterocycles. The van der Waals surface area contributed by atoms with Crippen LogP contribution in [0.25, 0.3) is 0 Å². The average Bonchev–Trinajstić information content (AvgIpc) is 2.45. The van der Waals surface area contributed by atoms with Gasteiger partial charge in [-0.2, -0.15) is 0 Å². The minimum atomic E-state index is -0.526. The molecule has 1 aromatic carbocycles. The first-order valence-electron chi connectivity index (χ1n) is 7.26. The summed E-state index contributed by atoms with van der Waals surface area (Å²) in [7, 11) is 0. The summed E-state index contributed by atoms with van der Waals surface area (Å²) in [6, 6.07) is 7.04. The van der Waals surface area contributed by atoms with Crippen LogP contribution in [0.2, 0.25) is 0 Å². The van der Waals surface area contributed by atoms with Gasteiger partial charge in [0.05, 0.1) is 0 Å². The molecule has 0 aliphatic carbocycles. The molecule has 2 N–H and O–H groups in total. The number of nitrogens with one attached hydrogen (secondary N) is 2. The molecule has 1 aromatic rings. The summed E-state index contributed by atoms with van der Waals surface area (Å²) in [4.78, 5) is 23.6. The molecule has 0 fully saturated rings. The summed E-state index contributed by atoms with van der Waals surface area (Å²) in [5, 5.41) is 5.37. The Morgan fingerprint density at radius 2 is 1.80 bits per heavy atom. The first-order valence-corrected chi connectivity index (χ1v) is 7.26. The topological polar surface area (TPSA) is 58.2 Å². The monoisotopic (exact) mass is 276 g/mol. The lowest BCUT2D eigenvalue weighted by atomic mass is 10.1. The third kappa shape index (κ3) is 5.03. The van der Waals surface area contributed by atoms with Gasteiger partial charge in [-0.25, -0.2) is 0 Å². The number of unbranched alkanes of at least 4 members (excludes halogenated alkanes) is 1. The van der Waals surface area contributed by atoms with Crippen molar-refractivity contribution in [1.82, 2.24) is 10.6 Å². The summed E-state index contributed by atoms with van der Waals surface area (Å²) in [6.07, 6.45) is 3.35. The van der Waals surface area contributed by atoms with Crippen molar-refractivity contribution in [2.24, 2.45) is 0 Å². The second-order valence-corrected chi connectivity index (χ2v) is 4.89. The van der Waals surface area contributed by atoms with E-state index in [1.165, 1.54) is 5.56 Å². The van der Waals surface area contributed by atoms with Crippen LogP contribution in [0.4, 0.5) is 0 Å². The summed E-state index contributed by atoms with van der Waals surface area (Å²) in [5.74, 6) is -0.383. The highest BCUT2D eigenvalue weighted by Crippen LogP contribution is 2.08. The van der Waals surface area contributed by atoms with Crippen molar-refractivity contribution in [3.63, 3.8) is 0 Å². The minimum Gasteiger partial charge on any atom is -0.355 e. The molecule has 20 heavy (non-hydrogen) atoms. The highest BCUT2D eigenvalue weighted by molar-refractivity contribution is 5.97. The van der Waals surface area contributed by atoms with Gasteiger partial charge < -0.3 is 10.6 Å². The molecule has 0 bridgehead atoms. The first-order chi connectivity index (χ1) is 9.58. The van der Waals surface area contributed by atoms with Gasteiger partial charge in [-0.3, -0.25) is 9.59 Å². The number of hydrogen-bond acceptors (Lipinski definition) is 2. The van der Waals surface area contributed by atoms with E-state index in [-0.39, 0.29) is 11.8 Å². The van der Waals surface area contributed by atoms with E-state index in [0.717, 1.165) is 19.3 Å². The van der Waals surface area contributed by atoms with Crippen LogP contribution in [0.1, 0.15) is 49.5 Å². The molecule has 4 heteroatoms. The Labute approximate surface area is 121 Å². The van der Waals surface area contributed by atoms with Gasteiger partial charge in [0, 0.05) is 12.1 Å². The van der Waals surface area contributed by atoms with Crippen LogP contribution in [0, 0.1) is 0 Å². The minimum absolute atomic E-state index is 0.166. The maximum atomic E-state index is 12.0. The van der Waals surface area contributed by atoms with Gasteiger partial charge in [0.15, 0.2) is 0 Å². The second kappa shape index (κ2) is 8.35.